The number of rotatable bonds is 3. The number of anilines is 1. The molecule has 3 aliphatic rings. The average molecular weight is 401 g/mol. The van der Waals surface area contributed by atoms with Crippen molar-refractivity contribution in [3.63, 3.8) is 0 Å². The molecule has 1 aromatic carbocycles. The van der Waals surface area contributed by atoms with Crippen molar-refractivity contribution in [2.75, 3.05) is 11.9 Å². The number of hydrogen-bond donors (Lipinski definition) is 2. The molecule has 7 nitrogen and oxygen atoms in total. The lowest BCUT2D eigenvalue weighted by Gasteiger charge is -2.36. The molecule has 2 N–H and O–H groups in total. The van der Waals surface area contributed by atoms with Crippen molar-refractivity contribution >= 4 is 23.1 Å². The van der Waals surface area contributed by atoms with Gasteiger partial charge in [-0.25, -0.2) is 4.98 Å². The minimum Gasteiger partial charge on any atom is -0.350 e. The lowest BCUT2D eigenvalue weighted by molar-refractivity contribution is -0.137. The Kier molecular flexibility index (Phi) is 3.77. The average Bonchev–Trinajstić information content (AvgIpc) is 3.51. The summed E-state index contributed by atoms with van der Waals surface area (Å²) in [5.74, 6) is -0.546. The second-order valence-electron chi connectivity index (χ2n) is 8.44. The van der Waals surface area contributed by atoms with Crippen LogP contribution in [0.4, 0.5) is 5.69 Å². The van der Waals surface area contributed by atoms with Gasteiger partial charge in [-0.3, -0.25) is 14.5 Å². The fourth-order valence-corrected chi connectivity index (χ4v) is 5.80. The minimum atomic E-state index is -0.901. The highest BCUT2D eigenvalue weighted by Crippen LogP contribution is 2.55. The van der Waals surface area contributed by atoms with Gasteiger partial charge in [0.15, 0.2) is 0 Å². The van der Waals surface area contributed by atoms with E-state index in [0.29, 0.717) is 13.0 Å². The summed E-state index contributed by atoms with van der Waals surface area (Å²) < 4.78 is 1.97. The molecule has 7 heteroatoms. The van der Waals surface area contributed by atoms with Crippen LogP contribution in [0, 0.1) is 5.92 Å². The Morgan fingerprint density at radius 3 is 3.03 bits per heavy atom. The maximum atomic E-state index is 13.5. The summed E-state index contributed by atoms with van der Waals surface area (Å²) in [6.07, 6.45) is 6.54. The van der Waals surface area contributed by atoms with Crippen molar-refractivity contribution in [1.29, 1.82) is 0 Å². The van der Waals surface area contributed by atoms with E-state index in [9.17, 15) is 9.59 Å². The van der Waals surface area contributed by atoms with Gasteiger partial charge in [-0.15, -0.1) is 0 Å². The predicted octanol–water partition coefficient (Wildman–Crippen LogP) is 2.28. The molecular weight excluding hydrogens is 378 g/mol. The number of nitrogens with one attached hydrogen (secondary N) is 2. The van der Waals surface area contributed by atoms with Crippen molar-refractivity contribution in [2.45, 2.75) is 37.4 Å². The largest absolute Gasteiger partial charge is 0.350 e. The van der Waals surface area contributed by atoms with Gasteiger partial charge in [-0.05, 0) is 44.0 Å². The number of fused-ring (bicyclic) bond motifs is 5. The first-order valence-electron chi connectivity index (χ1n) is 10.6. The third kappa shape index (κ3) is 2.26. The van der Waals surface area contributed by atoms with Crippen molar-refractivity contribution < 1.29 is 9.59 Å². The number of aromatic nitrogens is 2. The molecule has 6 rings (SSSR count). The summed E-state index contributed by atoms with van der Waals surface area (Å²) in [4.78, 5) is 33.5. The fourth-order valence-electron chi connectivity index (χ4n) is 5.80. The maximum Gasteiger partial charge on any atom is 0.250 e. The van der Waals surface area contributed by atoms with Gasteiger partial charge in [0.2, 0.25) is 11.8 Å². The van der Waals surface area contributed by atoms with Gasteiger partial charge in [0.1, 0.15) is 11.2 Å². The highest BCUT2D eigenvalue weighted by Gasteiger charge is 2.65. The Hall–Kier alpha value is -3.19. The van der Waals surface area contributed by atoms with Gasteiger partial charge in [0.25, 0.3) is 0 Å². The number of nitrogens with zero attached hydrogens (tertiary/aromatic N) is 3. The van der Waals surface area contributed by atoms with Crippen LogP contribution in [0.3, 0.4) is 0 Å². The third-order valence-corrected chi connectivity index (χ3v) is 7.03. The molecule has 3 aromatic rings. The van der Waals surface area contributed by atoms with Crippen molar-refractivity contribution in [3.05, 3.63) is 66.1 Å². The molecule has 152 valence electrons. The van der Waals surface area contributed by atoms with Crippen LogP contribution in [0.25, 0.3) is 5.65 Å². The molecule has 5 heterocycles. The molecule has 3 atom stereocenters. The first-order valence-corrected chi connectivity index (χ1v) is 10.6. The van der Waals surface area contributed by atoms with E-state index in [1.165, 1.54) is 0 Å². The highest BCUT2D eigenvalue weighted by molar-refractivity contribution is 6.09. The van der Waals surface area contributed by atoms with Crippen LogP contribution in [-0.2, 0) is 21.7 Å². The standard InChI is InChI=1S/C23H23N5O2/c29-21(25-14-16-13-24-20-9-3-4-10-27(16)20)18-12-15-6-5-11-28(15)23(18)17-7-1-2-8-19(17)26-22(23)30/h1-4,7-10,13,15,18H,5-6,11-12,14H2,(H,25,29)(H,26,30)/t15-,18-,23+/m1/s1. The summed E-state index contributed by atoms with van der Waals surface area (Å²) in [5, 5.41) is 6.15. The van der Waals surface area contributed by atoms with E-state index in [4.69, 9.17) is 0 Å². The highest BCUT2D eigenvalue weighted by atomic mass is 16.2. The van der Waals surface area contributed by atoms with Crippen molar-refractivity contribution in [1.82, 2.24) is 19.6 Å². The number of carbonyl (C=O) groups excluding carboxylic acids is 2. The molecule has 1 spiro atoms. The van der Waals surface area contributed by atoms with Gasteiger partial charge >= 0.3 is 0 Å². The van der Waals surface area contributed by atoms with E-state index in [1.54, 1.807) is 6.20 Å². The first-order chi connectivity index (χ1) is 14.7. The fraction of sp³-hybridized carbons (Fsp3) is 0.348. The van der Waals surface area contributed by atoms with E-state index < -0.39 is 11.5 Å². The quantitative estimate of drug-likeness (QED) is 0.706. The molecule has 0 aliphatic carbocycles. The Bertz CT molecular complexity index is 1170. The smallest absolute Gasteiger partial charge is 0.250 e. The van der Waals surface area contributed by atoms with Gasteiger partial charge in [-0.2, -0.15) is 0 Å². The van der Waals surface area contributed by atoms with E-state index in [1.807, 2.05) is 53.1 Å². The molecular formula is C23H23N5O2. The van der Waals surface area contributed by atoms with Crippen LogP contribution in [0.15, 0.2) is 54.9 Å². The van der Waals surface area contributed by atoms with Crippen LogP contribution in [0.5, 0.6) is 0 Å². The number of amides is 2. The zero-order valence-corrected chi connectivity index (χ0v) is 16.5. The van der Waals surface area contributed by atoms with E-state index in [-0.39, 0.29) is 17.9 Å². The van der Waals surface area contributed by atoms with Crippen molar-refractivity contribution in [2.24, 2.45) is 5.92 Å². The van der Waals surface area contributed by atoms with Crippen LogP contribution in [0.1, 0.15) is 30.5 Å². The number of carbonyl (C=O) groups is 2. The second kappa shape index (κ2) is 6.40. The molecule has 0 radical (unpaired) electrons. The van der Waals surface area contributed by atoms with Gasteiger partial charge in [0, 0.05) is 23.5 Å². The van der Waals surface area contributed by atoms with Crippen LogP contribution in [0.2, 0.25) is 0 Å². The number of imidazole rings is 1. The first kappa shape index (κ1) is 17.7. The Morgan fingerprint density at radius 2 is 2.10 bits per heavy atom. The molecule has 2 fully saturated rings. The number of para-hydroxylation sites is 1. The number of benzene rings is 1. The maximum absolute atomic E-state index is 13.5. The Labute approximate surface area is 174 Å². The SMILES string of the molecule is O=C(NCc1cnc2ccccn12)[C@H]1C[C@H]2CCCN2[C@]12C(=O)Nc1ccccc12. The Balaban J connectivity index is 1.34. The lowest BCUT2D eigenvalue weighted by Crippen LogP contribution is -2.54. The molecule has 2 amide bonds. The number of hydrogen-bond acceptors (Lipinski definition) is 4. The predicted molar refractivity (Wildman–Crippen MR) is 112 cm³/mol. The summed E-state index contributed by atoms with van der Waals surface area (Å²) in [5.41, 5.74) is 2.64. The van der Waals surface area contributed by atoms with Crippen LogP contribution >= 0.6 is 0 Å². The van der Waals surface area contributed by atoms with Crippen molar-refractivity contribution in [3.8, 4) is 0 Å². The van der Waals surface area contributed by atoms with Gasteiger partial charge < -0.3 is 15.0 Å². The molecule has 3 aliphatic heterocycles. The Morgan fingerprint density at radius 1 is 1.23 bits per heavy atom. The van der Waals surface area contributed by atoms with Crippen LogP contribution < -0.4 is 10.6 Å². The normalized spacial score (nSPS) is 27.4. The number of pyridine rings is 1. The lowest BCUT2D eigenvalue weighted by atomic mass is 9.78. The molecule has 0 unspecified atom stereocenters. The molecule has 0 bridgehead atoms. The summed E-state index contributed by atoms with van der Waals surface area (Å²) in [7, 11) is 0. The summed E-state index contributed by atoms with van der Waals surface area (Å²) in [6.45, 7) is 1.23. The van der Waals surface area contributed by atoms with Gasteiger partial charge in [-0.1, -0.05) is 24.3 Å². The molecule has 30 heavy (non-hydrogen) atoms. The van der Waals surface area contributed by atoms with E-state index in [0.717, 1.165) is 42.0 Å². The molecule has 2 saturated heterocycles. The topological polar surface area (TPSA) is 78.7 Å². The van der Waals surface area contributed by atoms with Crippen LogP contribution in [-0.4, -0.2) is 38.7 Å². The summed E-state index contributed by atoms with van der Waals surface area (Å²) >= 11 is 0. The minimum absolute atomic E-state index is 0.0666. The second-order valence-corrected chi connectivity index (χ2v) is 8.44. The van der Waals surface area contributed by atoms with E-state index >= 15 is 0 Å². The molecule has 2 aromatic heterocycles. The van der Waals surface area contributed by atoms with Gasteiger partial charge in [0.05, 0.1) is 24.4 Å². The zero-order chi connectivity index (χ0) is 20.3. The third-order valence-electron chi connectivity index (χ3n) is 7.03. The summed E-state index contributed by atoms with van der Waals surface area (Å²) in [6, 6.07) is 13.9. The zero-order valence-electron chi connectivity index (χ0n) is 16.5. The monoisotopic (exact) mass is 401 g/mol. The van der Waals surface area contributed by atoms with E-state index in [2.05, 4.69) is 20.5 Å². The molecule has 0 saturated carbocycles.